The predicted octanol–water partition coefficient (Wildman–Crippen LogP) is 1.60. The van der Waals surface area contributed by atoms with Gasteiger partial charge >= 0.3 is 10.5 Å². The van der Waals surface area contributed by atoms with Gasteiger partial charge in [0.1, 0.15) is 5.75 Å². The molecule has 1 N–H and O–H groups in total. The lowest BCUT2D eigenvalue weighted by atomic mass is 10.2. The summed E-state index contributed by atoms with van der Waals surface area (Å²) in [5.41, 5.74) is 1.02. The zero-order chi connectivity index (χ0) is 15.3. The highest BCUT2D eigenvalue weighted by Gasteiger charge is 2.10. The lowest BCUT2D eigenvalue weighted by molar-refractivity contribution is 0.0950. The first-order chi connectivity index (χ1) is 9.94. The molecule has 0 bridgehead atoms. The van der Waals surface area contributed by atoms with Crippen molar-refractivity contribution in [2.75, 3.05) is 0 Å². The van der Waals surface area contributed by atoms with Crippen LogP contribution in [0, 0.1) is 0 Å². The van der Waals surface area contributed by atoms with Crippen LogP contribution in [-0.4, -0.2) is 19.3 Å². The van der Waals surface area contributed by atoms with E-state index in [1.54, 1.807) is 18.2 Å². The van der Waals surface area contributed by atoms with Crippen molar-refractivity contribution in [3.63, 3.8) is 0 Å². The lowest BCUT2D eigenvalue weighted by Crippen LogP contribution is -2.22. The van der Waals surface area contributed by atoms with Gasteiger partial charge in [0.05, 0.1) is 0 Å². The van der Waals surface area contributed by atoms with Gasteiger partial charge in [0.25, 0.3) is 5.91 Å². The molecular weight excluding hydrogens is 299 g/mol. The molecule has 6 nitrogen and oxygen atoms in total. The Bertz CT molecular complexity index is 735. The van der Waals surface area contributed by atoms with Gasteiger partial charge in [-0.2, -0.15) is 8.42 Å². The summed E-state index contributed by atoms with van der Waals surface area (Å²) >= 11 is 0. The summed E-state index contributed by atoms with van der Waals surface area (Å²) in [6.07, 6.45) is 2.99. The molecule has 1 amide bonds. The maximum atomic E-state index is 12.4. The predicted molar refractivity (Wildman–Crippen MR) is 72.5 cm³/mol. The first-order valence-electron chi connectivity index (χ1n) is 5.85. The van der Waals surface area contributed by atoms with Gasteiger partial charge in [-0.05, 0) is 29.8 Å². The number of benzene rings is 1. The Balaban J connectivity index is 2.01. The number of aromatic nitrogens is 1. The third-order valence-electron chi connectivity index (χ3n) is 2.49. The Morgan fingerprint density at radius 2 is 1.95 bits per heavy atom. The standard InChI is InChI=1S/C13H11FN2O4S/c14-21(18,19)20-12-3-1-2-10(8-12)9-16-13(17)11-4-6-15-7-5-11/h1-8H,9H2,(H,16,17). The normalized spacial score (nSPS) is 10.9. The molecule has 1 aromatic heterocycles. The monoisotopic (exact) mass is 310 g/mol. The molecule has 0 aliphatic rings. The molecule has 1 aromatic carbocycles. The van der Waals surface area contributed by atoms with E-state index in [1.807, 2.05) is 0 Å². The fraction of sp³-hybridized carbons (Fsp3) is 0.0769. The Kier molecular flexibility index (Phi) is 4.49. The molecule has 2 aromatic rings. The highest BCUT2D eigenvalue weighted by Crippen LogP contribution is 2.16. The molecule has 8 heteroatoms. The molecule has 0 aliphatic carbocycles. The number of nitrogens with one attached hydrogen (secondary N) is 1. The summed E-state index contributed by atoms with van der Waals surface area (Å²) in [6, 6.07) is 8.88. The van der Waals surface area contributed by atoms with Gasteiger partial charge in [-0.3, -0.25) is 9.78 Å². The zero-order valence-corrected chi connectivity index (χ0v) is 11.5. The minimum absolute atomic E-state index is 0.144. The quantitative estimate of drug-likeness (QED) is 0.848. The van der Waals surface area contributed by atoms with Crippen LogP contribution in [0.25, 0.3) is 0 Å². The molecule has 0 fully saturated rings. The first-order valence-corrected chi connectivity index (χ1v) is 7.16. The number of hydrogen-bond acceptors (Lipinski definition) is 5. The van der Waals surface area contributed by atoms with Crippen LogP contribution in [0.4, 0.5) is 3.89 Å². The Morgan fingerprint density at radius 1 is 1.24 bits per heavy atom. The van der Waals surface area contributed by atoms with Crippen molar-refractivity contribution < 1.29 is 21.3 Å². The molecule has 21 heavy (non-hydrogen) atoms. The molecule has 0 aliphatic heterocycles. The van der Waals surface area contributed by atoms with Gasteiger partial charge in [-0.25, -0.2) is 0 Å². The summed E-state index contributed by atoms with van der Waals surface area (Å²) < 4.78 is 37.3. The third-order valence-corrected chi connectivity index (χ3v) is 2.88. The SMILES string of the molecule is O=C(NCc1cccc(OS(=O)(=O)F)c1)c1ccncc1. The lowest BCUT2D eigenvalue weighted by Gasteiger charge is -2.06. The van der Waals surface area contributed by atoms with Crippen molar-refractivity contribution in [1.82, 2.24) is 10.3 Å². The van der Waals surface area contributed by atoms with Crippen LogP contribution in [0.15, 0.2) is 48.8 Å². The molecule has 110 valence electrons. The van der Waals surface area contributed by atoms with Crippen LogP contribution in [0.2, 0.25) is 0 Å². The van der Waals surface area contributed by atoms with Gasteiger partial charge in [0.15, 0.2) is 0 Å². The summed E-state index contributed by atoms with van der Waals surface area (Å²) in [7, 11) is -5.06. The Hall–Kier alpha value is -2.48. The summed E-state index contributed by atoms with van der Waals surface area (Å²) in [5, 5.41) is 2.64. The van der Waals surface area contributed by atoms with Crippen molar-refractivity contribution in [2.24, 2.45) is 0 Å². The molecule has 0 atom stereocenters. The topological polar surface area (TPSA) is 85.4 Å². The van der Waals surface area contributed by atoms with E-state index in [-0.39, 0.29) is 18.2 Å². The van der Waals surface area contributed by atoms with Crippen LogP contribution in [-0.2, 0) is 17.0 Å². The highest BCUT2D eigenvalue weighted by molar-refractivity contribution is 7.81. The summed E-state index contributed by atoms with van der Waals surface area (Å²) in [5.74, 6) is -0.463. The average Bonchev–Trinajstić information content (AvgIpc) is 2.44. The summed E-state index contributed by atoms with van der Waals surface area (Å²) in [6.45, 7) is 0.144. The van der Waals surface area contributed by atoms with Crippen molar-refractivity contribution in [2.45, 2.75) is 6.54 Å². The zero-order valence-electron chi connectivity index (χ0n) is 10.7. The second-order valence-electron chi connectivity index (χ2n) is 4.04. The van der Waals surface area contributed by atoms with Crippen LogP contribution < -0.4 is 9.50 Å². The number of amides is 1. The van der Waals surface area contributed by atoms with Crippen LogP contribution in [0.3, 0.4) is 0 Å². The smallest absolute Gasteiger partial charge is 0.358 e. The molecule has 0 spiro atoms. The van der Waals surface area contributed by atoms with Gasteiger partial charge in [-0.1, -0.05) is 16.0 Å². The van der Waals surface area contributed by atoms with E-state index in [1.165, 1.54) is 30.6 Å². The fourth-order valence-corrected chi connectivity index (χ4v) is 1.94. The van der Waals surface area contributed by atoms with E-state index in [9.17, 15) is 17.1 Å². The first kappa shape index (κ1) is 14.9. The number of carbonyl (C=O) groups is 1. The van der Waals surface area contributed by atoms with E-state index < -0.39 is 10.5 Å². The number of halogens is 1. The van der Waals surface area contributed by atoms with E-state index in [4.69, 9.17) is 0 Å². The van der Waals surface area contributed by atoms with Crippen molar-refractivity contribution in [3.8, 4) is 5.75 Å². The molecule has 1 heterocycles. The van der Waals surface area contributed by atoms with Crippen LogP contribution in [0.5, 0.6) is 5.75 Å². The maximum Gasteiger partial charge on any atom is 0.488 e. The average molecular weight is 310 g/mol. The molecule has 2 rings (SSSR count). The Morgan fingerprint density at radius 3 is 2.62 bits per heavy atom. The maximum absolute atomic E-state index is 12.4. The minimum atomic E-state index is -5.06. The van der Waals surface area contributed by atoms with E-state index in [0.717, 1.165) is 0 Å². The Labute approximate surface area is 121 Å². The van der Waals surface area contributed by atoms with Crippen LogP contribution in [0.1, 0.15) is 15.9 Å². The number of hydrogen-bond donors (Lipinski definition) is 1. The highest BCUT2D eigenvalue weighted by atomic mass is 32.3. The minimum Gasteiger partial charge on any atom is -0.358 e. The summed E-state index contributed by atoms with van der Waals surface area (Å²) in [4.78, 5) is 15.6. The molecule has 0 radical (unpaired) electrons. The largest absolute Gasteiger partial charge is 0.488 e. The van der Waals surface area contributed by atoms with Crippen molar-refractivity contribution in [1.29, 1.82) is 0 Å². The molecule has 0 saturated carbocycles. The molecule has 0 unspecified atom stereocenters. The number of pyridine rings is 1. The molecular formula is C13H11FN2O4S. The van der Waals surface area contributed by atoms with Gasteiger partial charge < -0.3 is 9.50 Å². The third kappa shape index (κ3) is 4.84. The fourth-order valence-electron chi connectivity index (χ4n) is 1.61. The number of rotatable bonds is 5. The van der Waals surface area contributed by atoms with E-state index >= 15 is 0 Å². The van der Waals surface area contributed by atoms with Gasteiger partial charge in [-0.15, -0.1) is 0 Å². The van der Waals surface area contributed by atoms with Gasteiger partial charge in [0, 0.05) is 24.5 Å². The second-order valence-corrected chi connectivity index (χ2v) is 5.00. The van der Waals surface area contributed by atoms with E-state index in [2.05, 4.69) is 14.5 Å². The van der Waals surface area contributed by atoms with Gasteiger partial charge in [0.2, 0.25) is 0 Å². The van der Waals surface area contributed by atoms with E-state index in [0.29, 0.717) is 11.1 Å². The van der Waals surface area contributed by atoms with Crippen LogP contribution >= 0.6 is 0 Å². The molecule has 0 saturated heterocycles. The van der Waals surface area contributed by atoms with Crippen molar-refractivity contribution >= 4 is 16.4 Å². The second kappa shape index (κ2) is 6.31. The number of carbonyl (C=O) groups excluding carboxylic acids is 1. The van der Waals surface area contributed by atoms with Crippen molar-refractivity contribution in [3.05, 3.63) is 59.9 Å². The number of nitrogens with zero attached hydrogens (tertiary/aromatic N) is 1.